The molecular weight excluding hydrogens is 343 g/mol. The van der Waals surface area contributed by atoms with Crippen molar-refractivity contribution in [1.29, 1.82) is 0 Å². The molecule has 1 fully saturated rings. The Balaban J connectivity index is 1.52. The number of carbonyl (C=O) groups excluding carboxylic acids is 3. The second-order valence-corrected chi connectivity index (χ2v) is 6.23. The normalized spacial score (nSPS) is 19.1. The Bertz CT molecular complexity index is 910. The zero-order valence-corrected chi connectivity index (χ0v) is 13.6. The van der Waals surface area contributed by atoms with Gasteiger partial charge >= 0.3 is 6.03 Å². The largest absolute Gasteiger partial charge is 0.360 e. The second-order valence-electron chi connectivity index (χ2n) is 6.23. The van der Waals surface area contributed by atoms with Crippen LogP contribution in [-0.2, 0) is 22.6 Å². The lowest BCUT2D eigenvalue weighted by atomic mass is 10.0. The van der Waals surface area contributed by atoms with Crippen molar-refractivity contribution in [3.63, 3.8) is 0 Å². The van der Waals surface area contributed by atoms with Gasteiger partial charge in [0.15, 0.2) is 0 Å². The second kappa shape index (κ2) is 6.25. The summed E-state index contributed by atoms with van der Waals surface area (Å²) in [5, 5.41) is 8.54. The molecule has 9 heteroatoms. The van der Waals surface area contributed by atoms with Crippen molar-refractivity contribution >= 4 is 17.8 Å². The fourth-order valence-corrected chi connectivity index (χ4v) is 3.19. The van der Waals surface area contributed by atoms with Gasteiger partial charge in [0.1, 0.15) is 23.3 Å². The maximum atomic E-state index is 13.5. The van der Waals surface area contributed by atoms with Gasteiger partial charge in [0.05, 0.1) is 13.0 Å². The molecule has 26 heavy (non-hydrogen) atoms. The van der Waals surface area contributed by atoms with Gasteiger partial charge in [-0.15, -0.1) is 0 Å². The lowest BCUT2D eigenvalue weighted by Crippen LogP contribution is -2.41. The molecule has 1 aromatic heterocycles. The number of rotatable bonds is 3. The van der Waals surface area contributed by atoms with Gasteiger partial charge in [0.2, 0.25) is 5.91 Å². The van der Waals surface area contributed by atoms with Crippen LogP contribution in [0.1, 0.15) is 17.7 Å². The van der Waals surface area contributed by atoms with Crippen LogP contribution < -0.4 is 10.6 Å². The van der Waals surface area contributed by atoms with E-state index in [1.165, 1.54) is 12.1 Å². The van der Waals surface area contributed by atoms with Crippen LogP contribution in [0.5, 0.6) is 0 Å². The van der Waals surface area contributed by atoms with E-state index in [0.717, 1.165) is 5.56 Å². The average molecular weight is 358 g/mol. The van der Waals surface area contributed by atoms with Crippen LogP contribution in [0.25, 0.3) is 11.3 Å². The zero-order valence-electron chi connectivity index (χ0n) is 13.6. The number of imide groups is 1. The van der Waals surface area contributed by atoms with Crippen LogP contribution in [0.2, 0.25) is 0 Å². The highest BCUT2D eigenvalue weighted by molar-refractivity contribution is 6.05. The molecule has 1 saturated heterocycles. The average Bonchev–Trinajstić information content (AvgIpc) is 3.17. The number of benzene rings is 1. The van der Waals surface area contributed by atoms with Crippen molar-refractivity contribution in [3.8, 4) is 11.3 Å². The summed E-state index contributed by atoms with van der Waals surface area (Å²) >= 11 is 0. The number of nitrogens with zero attached hydrogens (tertiary/aromatic N) is 2. The summed E-state index contributed by atoms with van der Waals surface area (Å²) in [5.41, 5.74) is 1.81. The lowest BCUT2D eigenvalue weighted by Gasteiger charge is -2.27. The third kappa shape index (κ3) is 2.92. The Hall–Kier alpha value is -3.23. The van der Waals surface area contributed by atoms with E-state index < -0.39 is 18.0 Å². The highest BCUT2D eigenvalue weighted by Gasteiger charge is 2.34. The number of hydrogen-bond donors (Lipinski definition) is 2. The van der Waals surface area contributed by atoms with Gasteiger partial charge in [-0.2, -0.15) is 0 Å². The van der Waals surface area contributed by atoms with Crippen LogP contribution >= 0.6 is 0 Å². The SMILES string of the molecule is O=C1NC(=O)[C@@H](CC(=O)N2CCc3onc(-c4cccc(F)c4)c3C2)N1. The van der Waals surface area contributed by atoms with Gasteiger partial charge in [-0.1, -0.05) is 17.3 Å². The molecule has 2 aromatic rings. The predicted octanol–water partition coefficient (Wildman–Crippen LogP) is 0.964. The number of urea groups is 1. The number of nitrogens with one attached hydrogen (secondary N) is 2. The van der Waals surface area contributed by atoms with Gasteiger partial charge < -0.3 is 14.7 Å². The maximum Gasteiger partial charge on any atom is 0.322 e. The molecule has 0 saturated carbocycles. The van der Waals surface area contributed by atoms with E-state index in [-0.39, 0.29) is 24.7 Å². The highest BCUT2D eigenvalue weighted by atomic mass is 19.1. The van der Waals surface area contributed by atoms with Crippen LogP contribution in [0, 0.1) is 5.82 Å². The van der Waals surface area contributed by atoms with E-state index in [9.17, 15) is 18.8 Å². The van der Waals surface area contributed by atoms with Crippen molar-refractivity contribution in [2.24, 2.45) is 0 Å². The molecule has 0 unspecified atom stereocenters. The third-order valence-corrected chi connectivity index (χ3v) is 4.52. The number of halogens is 1. The molecule has 2 aliphatic heterocycles. The molecule has 4 rings (SSSR count). The van der Waals surface area contributed by atoms with Crippen molar-refractivity contribution in [1.82, 2.24) is 20.7 Å². The Kier molecular flexibility index (Phi) is 3.90. The molecule has 1 atom stereocenters. The molecule has 134 valence electrons. The minimum Gasteiger partial charge on any atom is -0.360 e. The zero-order chi connectivity index (χ0) is 18.3. The van der Waals surface area contributed by atoms with Crippen molar-refractivity contribution in [2.75, 3.05) is 6.54 Å². The smallest absolute Gasteiger partial charge is 0.322 e. The number of amides is 4. The summed E-state index contributed by atoms with van der Waals surface area (Å²) < 4.78 is 18.8. The summed E-state index contributed by atoms with van der Waals surface area (Å²) in [5.74, 6) is -0.484. The molecule has 1 aromatic carbocycles. The van der Waals surface area contributed by atoms with Crippen molar-refractivity contribution in [3.05, 3.63) is 41.4 Å². The predicted molar refractivity (Wildman–Crippen MR) is 86.1 cm³/mol. The molecular formula is C17H15FN4O4. The van der Waals surface area contributed by atoms with E-state index in [4.69, 9.17) is 4.52 Å². The topological polar surface area (TPSA) is 105 Å². The number of carbonyl (C=O) groups is 3. The highest BCUT2D eigenvalue weighted by Crippen LogP contribution is 2.30. The molecule has 0 bridgehead atoms. The Morgan fingerprint density at radius 3 is 2.96 bits per heavy atom. The van der Waals surface area contributed by atoms with Gasteiger partial charge in [-0.25, -0.2) is 9.18 Å². The van der Waals surface area contributed by atoms with Gasteiger partial charge in [-0.05, 0) is 12.1 Å². The maximum absolute atomic E-state index is 13.5. The van der Waals surface area contributed by atoms with E-state index in [1.807, 2.05) is 0 Å². The Labute approximate surface area is 147 Å². The first-order valence-electron chi connectivity index (χ1n) is 8.14. The summed E-state index contributed by atoms with van der Waals surface area (Å²) in [6.45, 7) is 0.678. The molecule has 4 amide bonds. The monoisotopic (exact) mass is 358 g/mol. The molecule has 2 N–H and O–H groups in total. The van der Waals surface area contributed by atoms with Crippen LogP contribution in [0.4, 0.5) is 9.18 Å². The molecule has 3 heterocycles. The quantitative estimate of drug-likeness (QED) is 0.796. The van der Waals surface area contributed by atoms with Gasteiger partial charge in [0, 0.05) is 24.1 Å². The fraction of sp³-hybridized carbons (Fsp3) is 0.294. The number of hydrogen-bond acceptors (Lipinski definition) is 5. The van der Waals surface area contributed by atoms with E-state index in [2.05, 4.69) is 15.8 Å². The van der Waals surface area contributed by atoms with Crippen molar-refractivity contribution < 1.29 is 23.3 Å². The standard InChI is InChI=1S/C17H15FN4O4/c18-10-3-1-2-9(6-10)15-11-8-22(5-4-13(11)26-21-15)14(23)7-12-16(24)20-17(25)19-12/h1-3,6,12H,4-5,7-8H2,(H2,19,20,24,25)/t12-/m1/s1. The lowest BCUT2D eigenvalue weighted by molar-refractivity contribution is -0.134. The molecule has 0 spiro atoms. The number of aromatic nitrogens is 1. The first-order valence-corrected chi connectivity index (χ1v) is 8.14. The van der Waals surface area contributed by atoms with Crippen molar-refractivity contribution in [2.45, 2.75) is 25.4 Å². The fourth-order valence-electron chi connectivity index (χ4n) is 3.19. The third-order valence-electron chi connectivity index (χ3n) is 4.52. The summed E-state index contributed by atoms with van der Waals surface area (Å²) in [4.78, 5) is 36.9. The Morgan fingerprint density at radius 2 is 2.23 bits per heavy atom. The van der Waals surface area contributed by atoms with Crippen LogP contribution in [0.3, 0.4) is 0 Å². The summed E-state index contributed by atoms with van der Waals surface area (Å²) in [6.07, 6.45) is 0.361. The van der Waals surface area contributed by atoms with Crippen LogP contribution in [0.15, 0.2) is 28.8 Å². The summed E-state index contributed by atoms with van der Waals surface area (Å²) in [6, 6.07) is 4.55. The minimum atomic E-state index is -0.860. The van der Waals surface area contributed by atoms with Crippen LogP contribution in [-0.4, -0.2) is 40.5 Å². The van der Waals surface area contributed by atoms with Gasteiger partial charge in [0.25, 0.3) is 5.91 Å². The first-order chi connectivity index (χ1) is 12.5. The molecule has 2 aliphatic rings. The minimum absolute atomic E-state index is 0.118. The number of fused-ring (bicyclic) bond motifs is 1. The Morgan fingerprint density at radius 1 is 1.38 bits per heavy atom. The van der Waals surface area contributed by atoms with E-state index in [1.54, 1.807) is 17.0 Å². The molecule has 0 radical (unpaired) electrons. The summed E-state index contributed by atoms with van der Waals surface area (Å²) in [7, 11) is 0. The van der Waals surface area contributed by atoms with Gasteiger partial charge in [-0.3, -0.25) is 14.9 Å². The molecule has 8 nitrogen and oxygen atoms in total. The van der Waals surface area contributed by atoms with E-state index >= 15 is 0 Å². The van der Waals surface area contributed by atoms with E-state index in [0.29, 0.717) is 30.0 Å². The molecule has 0 aliphatic carbocycles. The first kappa shape index (κ1) is 16.2.